The summed E-state index contributed by atoms with van der Waals surface area (Å²) in [6.07, 6.45) is 7.48. The summed E-state index contributed by atoms with van der Waals surface area (Å²) in [5, 5.41) is 4.29. The predicted molar refractivity (Wildman–Crippen MR) is 65.3 cm³/mol. The number of hydrogen-bond acceptors (Lipinski definition) is 1. The van der Waals surface area contributed by atoms with Crippen molar-refractivity contribution >= 4 is 11.6 Å². The predicted octanol–water partition coefficient (Wildman–Crippen LogP) is 3.49. The van der Waals surface area contributed by atoms with E-state index >= 15 is 0 Å². The summed E-state index contributed by atoms with van der Waals surface area (Å²) in [7, 11) is 0. The molecule has 0 spiro atoms. The van der Waals surface area contributed by atoms with Crippen LogP contribution in [0.4, 0.5) is 0 Å². The van der Waals surface area contributed by atoms with E-state index in [-0.39, 0.29) is 5.41 Å². The number of aryl methyl sites for hydroxylation is 1. The topological polar surface area (TPSA) is 17.8 Å². The highest BCUT2D eigenvalue weighted by Gasteiger charge is 2.23. The summed E-state index contributed by atoms with van der Waals surface area (Å²) in [4.78, 5) is 0. The fraction of sp³-hybridized carbons (Fsp3) is 0.750. The molecule has 0 aromatic carbocycles. The molecule has 1 unspecified atom stereocenters. The minimum Gasteiger partial charge on any atom is -0.273 e. The fourth-order valence-corrected chi connectivity index (χ4v) is 2.20. The Hall–Kier alpha value is -0.500. The molecule has 1 aromatic rings. The highest BCUT2D eigenvalue weighted by Crippen LogP contribution is 2.29. The van der Waals surface area contributed by atoms with Crippen LogP contribution in [0.5, 0.6) is 0 Å². The maximum atomic E-state index is 6.05. The van der Waals surface area contributed by atoms with E-state index in [2.05, 4.69) is 32.1 Å². The summed E-state index contributed by atoms with van der Waals surface area (Å²) in [5.41, 5.74) is 1.52. The Balaban J connectivity index is 2.65. The van der Waals surface area contributed by atoms with Crippen molar-refractivity contribution in [2.75, 3.05) is 5.88 Å². The molecule has 0 N–H and O–H groups in total. The van der Waals surface area contributed by atoms with E-state index in [0.29, 0.717) is 0 Å². The normalized spacial score (nSPS) is 15.2. The first-order chi connectivity index (χ1) is 7.13. The number of hydrogen-bond donors (Lipinski definition) is 0. The number of rotatable bonds is 6. The Kier molecular flexibility index (Phi) is 4.65. The maximum absolute atomic E-state index is 6.05. The lowest BCUT2D eigenvalue weighted by molar-refractivity contribution is 0.335. The van der Waals surface area contributed by atoms with Crippen molar-refractivity contribution in [2.45, 2.75) is 46.6 Å². The van der Waals surface area contributed by atoms with E-state index in [1.165, 1.54) is 18.4 Å². The van der Waals surface area contributed by atoms with Gasteiger partial charge in [0.15, 0.2) is 0 Å². The van der Waals surface area contributed by atoms with E-state index in [0.717, 1.165) is 18.8 Å². The van der Waals surface area contributed by atoms with E-state index < -0.39 is 0 Å². The summed E-state index contributed by atoms with van der Waals surface area (Å²) in [6.45, 7) is 7.50. The molecule has 0 bridgehead atoms. The van der Waals surface area contributed by atoms with Crippen molar-refractivity contribution in [1.82, 2.24) is 9.78 Å². The molecular formula is C12H21ClN2. The van der Waals surface area contributed by atoms with Crippen LogP contribution in [0.3, 0.4) is 0 Å². The average Bonchev–Trinajstić information content (AvgIpc) is 2.66. The van der Waals surface area contributed by atoms with Gasteiger partial charge in [0, 0.05) is 18.6 Å². The molecule has 15 heavy (non-hydrogen) atoms. The van der Waals surface area contributed by atoms with Crippen LogP contribution in [0, 0.1) is 5.41 Å². The minimum absolute atomic E-state index is 0.220. The highest BCUT2D eigenvalue weighted by atomic mass is 35.5. The first-order valence-corrected chi connectivity index (χ1v) is 6.24. The zero-order chi connectivity index (χ0) is 11.3. The second-order valence-electron chi connectivity index (χ2n) is 4.58. The van der Waals surface area contributed by atoms with Gasteiger partial charge in [-0.1, -0.05) is 20.3 Å². The van der Waals surface area contributed by atoms with Crippen LogP contribution < -0.4 is 0 Å². The summed E-state index contributed by atoms with van der Waals surface area (Å²) >= 11 is 6.05. The Morgan fingerprint density at radius 3 is 2.67 bits per heavy atom. The van der Waals surface area contributed by atoms with Gasteiger partial charge in [-0.2, -0.15) is 5.10 Å². The second kappa shape index (κ2) is 5.55. The van der Waals surface area contributed by atoms with Gasteiger partial charge in [-0.05, 0) is 30.7 Å². The van der Waals surface area contributed by atoms with Gasteiger partial charge in [-0.25, -0.2) is 0 Å². The van der Waals surface area contributed by atoms with Crippen molar-refractivity contribution in [3.8, 4) is 0 Å². The number of aromatic nitrogens is 2. The van der Waals surface area contributed by atoms with E-state index in [4.69, 9.17) is 11.6 Å². The third kappa shape index (κ3) is 3.53. The molecule has 1 rings (SSSR count). The molecule has 0 saturated heterocycles. The first-order valence-electron chi connectivity index (χ1n) is 5.71. The third-order valence-electron chi connectivity index (χ3n) is 2.82. The van der Waals surface area contributed by atoms with Crippen LogP contribution >= 0.6 is 11.6 Å². The number of nitrogens with zero attached hydrogens (tertiary/aromatic N) is 2. The molecular weight excluding hydrogens is 208 g/mol. The van der Waals surface area contributed by atoms with Crippen LogP contribution in [0.15, 0.2) is 12.4 Å². The quantitative estimate of drug-likeness (QED) is 0.682. The van der Waals surface area contributed by atoms with Gasteiger partial charge in [-0.15, -0.1) is 11.6 Å². The van der Waals surface area contributed by atoms with Gasteiger partial charge in [0.25, 0.3) is 0 Å². The Labute approximate surface area is 97.6 Å². The lowest BCUT2D eigenvalue weighted by atomic mass is 9.82. The lowest BCUT2D eigenvalue weighted by Crippen LogP contribution is -2.21. The van der Waals surface area contributed by atoms with Gasteiger partial charge in [0.2, 0.25) is 0 Å². The third-order valence-corrected chi connectivity index (χ3v) is 3.46. The smallest absolute Gasteiger partial charge is 0.0521 e. The number of alkyl halides is 1. The van der Waals surface area contributed by atoms with E-state index in [1.54, 1.807) is 0 Å². The first kappa shape index (κ1) is 12.6. The standard InChI is InChI=1S/C12H21ClN2/c1-4-6-12(3,10-13)7-11-8-14-15(5-2)9-11/h8-9H,4-7,10H2,1-3H3. The van der Waals surface area contributed by atoms with Crippen molar-refractivity contribution in [3.05, 3.63) is 18.0 Å². The fourth-order valence-electron chi connectivity index (χ4n) is 1.97. The van der Waals surface area contributed by atoms with Gasteiger partial charge in [-0.3, -0.25) is 4.68 Å². The Morgan fingerprint density at radius 2 is 2.20 bits per heavy atom. The zero-order valence-corrected chi connectivity index (χ0v) is 10.7. The summed E-state index contributed by atoms with van der Waals surface area (Å²) in [6, 6.07) is 0. The van der Waals surface area contributed by atoms with Crippen molar-refractivity contribution in [2.24, 2.45) is 5.41 Å². The maximum Gasteiger partial charge on any atom is 0.0521 e. The van der Waals surface area contributed by atoms with Crippen LogP contribution in [0.2, 0.25) is 0 Å². The lowest BCUT2D eigenvalue weighted by Gasteiger charge is -2.25. The molecule has 2 nitrogen and oxygen atoms in total. The molecule has 1 aromatic heterocycles. The monoisotopic (exact) mass is 228 g/mol. The molecule has 1 atom stereocenters. The zero-order valence-electron chi connectivity index (χ0n) is 9.96. The second-order valence-corrected chi connectivity index (χ2v) is 4.84. The largest absolute Gasteiger partial charge is 0.273 e. The molecule has 0 saturated carbocycles. The molecule has 3 heteroatoms. The molecule has 0 aliphatic carbocycles. The highest BCUT2D eigenvalue weighted by molar-refractivity contribution is 6.18. The van der Waals surface area contributed by atoms with Crippen molar-refractivity contribution < 1.29 is 0 Å². The van der Waals surface area contributed by atoms with Crippen molar-refractivity contribution in [3.63, 3.8) is 0 Å². The van der Waals surface area contributed by atoms with E-state index in [9.17, 15) is 0 Å². The molecule has 0 aliphatic heterocycles. The number of halogens is 1. The van der Waals surface area contributed by atoms with Crippen molar-refractivity contribution in [1.29, 1.82) is 0 Å². The molecule has 0 amide bonds. The molecule has 0 radical (unpaired) electrons. The molecule has 1 heterocycles. The van der Waals surface area contributed by atoms with Gasteiger partial charge < -0.3 is 0 Å². The SMILES string of the molecule is CCCC(C)(CCl)Cc1cnn(CC)c1. The average molecular weight is 229 g/mol. The van der Waals surface area contributed by atoms with Gasteiger partial charge >= 0.3 is 0 Å². The van der Waals surface area contributed by atoms with Crippen LogP contribution in [0.1, 0.15) is 39.2 Å². The molecule has 0 aliphatic rings. The Bertz CT molecular complexity index is 296. The van der Waals surface area contributed by atoms with E-state index in [1.807, 2.05) is 10.9 Å². The van der Waals surface area contributed by atoms with Crippen LogP contribution in [-0.4, -0.2) is 15.7 Å². The summed E-state index contributed by atoms with van der Waals surface area (Å²) in [5.74, 6) is 0.720. The summed E-state index contributed by atoms with van der Waals surface area (Å²) < 4.78 is 1.97. The van der Waals surface area contributed by atoms with Gasteiger partial charge in [0.1, 0.15) is 0 Å². The Morgan fingerprint density at radius 1 is 1.47 bits per heavy atom. The molecule has 0 fully saturated rings. The van der Waals surface area contributed by atoms with Gasteiger partial charge in [0.05, 0.1) is 6.20 Å². The van der Waals surface area contributed by atoms with Crippen LogP contribution in [-0.2, 0) is 13.0 Å². The minimum atomic E-state index is 0.220. The van der Waals surface area contributed by atoms with Crippen LogP contribution in [0.25, 0.3) is 0 Å². The molecule has 86 valence electrons.